The summed E-state index contributed by atoms with van der Waals surface area (Å²) in [5.74, 6) is 0. The molecule has 0 aliphatic carbocycles. The predicted molar refractivity (Wildman–Crippen MR) is 43.2 cm³/mol. The predicted octanol–water partition coefficient (Wildman–Crippen LogP) is 0.262. The van der Waals surface area contributed by atoms with Crippen LogP contribution in [0.15, 0.2) is 0 Å². The van der Waals surface area contributed by atoms with Crippen molar-refractivity contribution in [3.05, 3.63) is 0 Å². The van der Waals surface area contributed by atoms with Crippen LogP contribution in [0, 0.1) is 0 Å². The molecule has 0 saturated carbocycles. The van der Waals surface area contributed by atoms with Crippen molar-refractivity contribution in [2.75, 3.05) is 0 Å². The van der Waals surface area contributed by atoms with Crippen LogP contribution in [0.5, 0.6) is 0 Å². The SMILES string of the molecule is CC[C@H]1C[C@H](N)[C@@H](O)[C@H](C)O1. The highest BCUT2D eigenvalue weighted by Crippen LogP contribution is 2.20. The lowest BCUT2D eigenvalue weighted by Gasteiger charge is -2.35. The average molecular weight is 159 g/mol. The van der Waals surface area contributed by atoms with Crippen LogP contribution in [0.25, 0.3) is 0 Å². The Bertz CT molecular complexity index is 117. The molecule has 1 rings (SSSR count). The summed E-state index contributed by atoms with van der Waals surface area (Å²) in [5, 5.41) is 9.41. The number of ether oxygens (including phenoxy) is 1. The molecule has 0 amide bonds. The lowest BCUT2D eigenvalue weighted by atomic mass is 9.96. The monoisotopic (exact) mass is 159 g/mol. The van der Waals surface area contributed by atoms with Crippen LogP contribution in [0.4, 0.5) is 0 Å². The molecular weight excluding hydrogens is 142 g/mol. The first-order chi connectivity index (χ1) is 5.15. The van der Waals surface area contributed by atoms with Gasteiger partial charge in [-0.3, -0.25) is 0 Å². The van der Waals surface area contributed by atoms with Gasteiger partial charge in [-0.15, -0.1) is 0 Å². The van der Waals surface area contributed by atoms with E-state index in [9.17, 15) is 5.11 Å². The molecule has 0 aromatic carbocycles. The molecule has 1 heterocycles. The van der Waals surface area contributed by atoms with E-state index in [1.807, 2.05) is 6.92 Å². The Morgan fingerprint density at radius 3 is 2.73 bits per heavy atom. The number of aliphatic hydroxyl groups is 1. The highest BCUT2D eigenvalue weighted by Gasteiger charge is 2.31. The molecule has 1 aliphatic heterocycles. The van der Waals surface area contributed by atoms with E-state index in [0.29, 0.717) is 0 Å². The van der Waals surface area contributed by atoms with E-state index >= 15 is 0 Å². The second-order valence-electron chi connectivity index (χ2n) is 3.26. The number of nitrogens with two attached hydrogens (primary N) is 1. The summed E-state index contributed by atoms with van der Waals surface area (Å²) in [4.78, 5) is 0. The van der Waals surface area contributed by atoms with Crippen molar-refractivity contribution in [2.45, 2.75) is 51.0 Å². The van der Waals surface area contributed by atoms with Gasteiger partial charge in [-0.1, -0.05) is 6.92 Å². The Labute approximate surface area is 67.5 Å². The summed E-state index contributed by atoms with van der Waals surface area (Å²) in [7, 11) is 0. The van der Waals surface area contributed by atoms with Crippen LogP contribution >= 0.6 is 0 Å². The summed E-state index contributed by atoms with van der Waals surface area (Å²) in [6, 6.07) is -0.108. The van der Waals surface area contributed by atoms with Crippen molar-refractivity contribution in [3.8, 4) is 0 Å². The molecule has 3 nitrogen and oxygen atoms in total. The maximum atomic E-state index is 9.41. The van der Waals surface area contributed by atoms with E-state index in [1.54, 1.807) is 0 Å². The molecule has 4 atom stereocenters. The van der Waals surface area contributed by atoms with Gasteiger partial charge in [0, 0.05) is 6.04 Å². The molecule has 0 aromatic heterocycles. The Morgan fingerprint density at radius 1 is 1.64 bits per heavy atom. The third-order valence-corrected chi connectivity index (χ3v) is 2.32. The van der Waals surface area contributed by atoms with E-state index in [1.165, 1.54) is 0 Å². The van der Waals surface area contributed by atoms with Crippen molar-refractivity contribution in [3.63, 3.8) is 0 Å². The van der Waals surface area contributed by atoms with Crippen LogP contribution in [-0.2, 0) is 4.74 Å². The van der Waals surface area contributed by atoms with Gasteiger partial charge in [-0.25, -0.2) is 0 Å². The third-order valence-electron chi connectivity index (χ3n) is 2.32. The van der Waals surface area contributed by atoms with E-state index in [-0.39, 0.29) is 18.2 Å². The van der Waals surface area contributed by atoms with Crippen molar-refractivity contribution >= 4 is 0 Å². The average Bonchev–Trinajstić information content (AvgIpc) is 1.99. The van der Waals surface area contributed by atoms with Crippen molar-refractivity contribution in [1.82, 2.24) is 0 Å². The summed E-state index contributed by atoms with van der Waals surface area (Å²) in [5.41, 5.74) is 5.70. The van der Waals surface area contributed by atoms with E-state index in [0.717, 1.165) is 12.8 Å². The molecule has 0 radical (unpaired) electrons. The van der Waals surface area contributed by atoms with E-state index in [4.69, 9.17) is 10.5 Å². The molecule has 0 bridgehead atoms. The van der Waals surface area contributed by atoms with Gasteiger partial charge in [-0.05, 0) is 19.8 Å². The quantitative estimate of drug-likeness (QED) is 0.577. The Morgan fingerprint density at radius 2 is 2.27 bits per heavy atom. The van der Waals surface area contributed by atoms with Crippen molar-refractivity contribution in [1.29, 1.82) is 0 Å². The first kappa shape index (κ1) is 8.97. The van der Waals surface area contributed by atoms with Crippen LogP contribution in [0.3, 0.4) is 0 Å². The molecule has 3 heteroatoms. The zero-order valence-electron chi connectivity index (χ0n) is 7.16. The van der Waals surface area contributed by atoms with Gasteiger partial charge in [0.2, 0.25) is 0 Å². The normalized spacial score (nSPS) is 45.8. The lowest BCUT2D eigenvalue weighted by Crippen LogP contribution is -2.50. The molecule has 11 heavy (non-hydrogen) atoms. The summed E-state index contributed by atoms with van der Waals surface area (Å²) in [6.45, 7) is 3.94. The molecule has 66 valence electrons. The van der Waals surface area contributed by atoms with E-state index < -0.39 is 6.10 Å². The van der Waals surface area contributed by atoms with Crippen LogP contribution < -0.4 is 5.73 Å². The number of hydrogen-bond acceptors (Lipinski definition) is 3. The Kier molecular flexibility index (Phi) is 2.87. The Hall–Kier alpha value is -0.120. The maximum absolute atomic E-state index is 9.41. The summed E-state index contributed by atoms with van der Waals surface area (Å²) < 4.78 is 5.49. The molecular formula is C8H17NO2. The number of aliphatic hydroxyl groups excluding tert-OH is 1. The van der Waals surface area contributed by atoms with E-state index in [2.05, 4.69) is 6.92 Å². The van der Waals surface area contributed by atoms with Crippen molar-refractivity contribution < 1.29 is 9.84 Å². The topological polar surface area (TPSA) is 55.5 Å². The Balaban J connectivity index is 2.47. The first-order valence-electron chi connectivity index (χ1n) is 4.24. The molecule has 0 unspecified atom stereocenters. The van der Waals surface area contributed by atoms with Crippen LogP contribution in [0.2, 0.25) is 0 Å². The first-order valence-corrected chi connectivity index (χ1v) is 4.24. The fraction of sp³-hybridized carbons (Fsp3) is 1.00. The lowest BCUT2D eigenvalue weighted by molar-refractivity contribution is -0.118. The maximum Gasteiger partial charge on any atom is 0.0950 e. The van der Waals surface area contributed by atoms with Gasteiger partial charge < -0.3 is 15.6 Å². The molecule has 1 aliphatic rings. The molecule has 1 saturated heterocycles. The second kappa shape index (κ2) is 3.52. The fourth-order valence-electron chi connectivity index (χ4n) is 1.49. The zero-order chi connectivity index (χ0) is 8.43. The minimum Gasteiger partial charge on any atom is -0.389 e. The molecule has 1 fully saturated rings. The number of hydrogen-bond donors (Lipinski definition) is 2. The van der Waals surface area contributed by atoms with Gasteiger partial charge in [-0.2, -0.15) is 0 Å². The highest BCUT2D eigenvalue weighted by molar-refractivity contribution is 4.85. The van der Waals surface area contributed by atoms with Gasteiger partial charge in [0.25, 0.3) is 0 Å². The van der Waals surface area contributed by atoms with Gasteiger partial charge in [0.15, 0.2) is 0 Å². The molecule has 3 N–H and O–H groups in total. The van der Waals surface area contributed by atoms with Gasteiger partial charge >= 0.3 is 0 Å². The minimum atomic E-state index is -0.488. The smallest absolute Gasteiger partial charge is 0.0950 e. The van der Waals surface area contributed by atoms with Gasteiger partial charge in [0.05, 0.1) is 18.3 Å². The highest BCUT2D eigenvalue weighted by atomic mass is 16.5. The van der Waals surface area contributed by atoms with Gasteiger partial charge in [0.1, 0.15) is 0 Å². The van der Waals surface area contributed by atoms with Crippen LogP contribution in [-0.4, -0.2) is 29.5 Å². The van der Waals surface area contributed by atoms with Crippen molar-refractivity contribution in [2.24, 2.45) is 5.73 Å². The third kappa shape index (κ3) is 1.92. The zero-order valence-corrected chi connectivity index (χ0v) is 7.16. The summed E-state index contributed by atoms with van der Waals surface area (Å²) >= 11 is 0. The molecule has 0 spiro atoms. The van der Waals surface area contributed by atoms with Crippen LogP contribution in [0.1, 0.15) is 26.7 Å². The largest absolute Gasteiger partial charge is 0.389 e. The number of rotatable bonds is 1. The standard InChI is InChI=1S/C8H17NO2/c1-3-6-4-7(9)8(10)5(2)11-6/h5-8,10H,3-4,9H2,1-2H3/t5-,6-,7-,8-/m0/s1. The summed E-state index contributed by atoms with van der Waals surface area (Å²) in [6.07, 6.45) is 1.40. The minimum absolute atomic E-state index is 0.108. The second-order valence-corrected chi connectivity index (χ2v) is 3.26. The molecule has 0 aromatic rings. The fourth-order valence-corrected chi connectivity index (χ4v) is 1.49.